The Morgan fingerprint density at radius 1 is 1.67 bits per heavy atom. The number of anilines is 1. The summed E-state index contributed by atoms with van der Waals surface area (Å²) >= 11 is 0. The lowest BCUT2D eigenvalue weighted by Crippen LogP contribution is -2.40. The lowest BCUT2D eigenvalue weighted by atomic mass is 10.1. The van der Waals surface area contributed by atoms with Crippen LogP contribution in [0.4, 0.5) is 11.5 Å². The van der Waals surface area contributed by atoms with Gasteiger partial charge in [0, 0.05) is 32.0 Å². The normalized spacial score (nSPS) is 19.8. The van der Waals surface area contributed by atoms with Gasteiger partial charge in [-0.25, -0.2) is 4.98 Å². The predicted molar refractivity (Wildman–Crippen MR) is 67.8 cm³/mol. The van der Waals surface area contributed by atoms with E-state index in [9.17, 15) is 10.1 Å². The number of pyridine rings is 1. The summed E-state index contributed by atoms with van der Waals surface area (Å²) in [6.45, 7) is 4.10. The average molecular weight is 251 g/mol. The number of hydrogen-bond acceptors (Lipinski definition) is 5. The molecule has 2 heterocycles. The second-order valence-electron chi connectivity index (χ2n) is 4.27. The molecule has 0 bridgehead atoms. The number of aromatic nitrogens is 1. The average Bonchev–Trinajstić information content (AvgIpc) is 2.39. The van der Waals surface area contributed by atoms with E-state index in [0.29, 0.717) is 19.0 Å². The Labute approximate surface area is 106 Å². The van der Waals surface area contributed by atoms with Crippen LogP contribution in [0.25, 0.3) is 0 Å². The molecule has 0 spiro atoms. The van der Waals surface area contributed by atoms with Crippen molar-refractivity contribution in [2.45, 2.75) is 25.9 Å². The first-order valence-electron chi connectivity index (χ1n) is 6.18. The molecule has 6 nitrogen and oxygen atoms in total. The van der Waals surface area contributed by atoms with Crippen LogP contribution in [0.1, 0.15) is 19.8 Å². The van der Waals surface area contributed by atoms with Crippen molar-refractivity contribution in [3.63, 3.8) is 0 Å². The highest BCUT2D eigenvalue weighted by Gasteiger charge is 2.26. The quantitative estimate of drug-likeness (QED) is 0.604. The third kappa shape index (κ3) is 2.76. The number of rotatable bonds is 4. The van der Waals surface area contributed by atoms with Crippen LogP contribution in [0.3, 0.4) is 0 Å². The molecule has 0 aromatic carbocycles. The highest BCUT2D eigenvalue weighted by Crippen LogP contribution is 2.27. The maximum absolute atomic E-state index is 11.0. The molecule has 1 aromatic heterocycles. The van der Waals surface area contributed by atoms with Crippen molar-refractivity contribution in [2.75, 3.05) is 24.6 Å². The fourth-order valence-corrected chi connectivity index (χ4v) is 2.28. The molecule has 1 aliphatic heterocycles. The Morgan fingerprint density at radius 3 is 3.22 bits per heavy atom. The topological polar surface area (TPSA) is 68.5 Å². The molecule has 0 saturated carbocycles. The van der Waals surface area contributed by atoms with Gasteiger partial charge in [-0.15, -0.1) is 0 Å². The maximum Gasteiger partial charge on any atom is 0.311 e. The van der Waals surface area contributed by atoms with Gasteiger partial charge in [0.1, 0.15) is 0 Å². The maximum atomic E-state index is 11.0. The Morgan fingerprint density at radius 2 is 2.50 bits per heavy atom. The van der Waals surface area contributed by atoms with Gasteiger partial charge in [-0.2, -0.15) is 0 Å². The fraction of sp³-hybridized carbons (Fsp3) is 0.583. The van der Waals surface area contributed by atoms with Gasteiger partial charge in [0.15, 0.2) is 0 Å². The van der Waals surface area contributed by atoms with E-state index in [2.05, 4.69) is 4.98 Å². The fourth-order valence-electron chi connectivity index (χ4n) is 2.28. The van der Waals surface area contributed by atoms with Crippen molar-refractivity contribution < 1.29 is 9.66 Å². The molecule has 1 saturated heterocycles. The Bertz CT molecular complexity index is 423. The molecular weight excluding hydrogens is 234 g/mol. The molecule has 0 radical (unpaired) electrons. The van der Waals surface area contributed by atoms with Gasteiger partial charge in [-0.3, -0.25) is 10.1 Å². The molecule has 1 aromatic rings. The van der Waals surface area contributed by atoms with Crippen LogP contribution < -0.4 is 4.90 Å². The van der Waals surface area contributed by atoms with Crippen LogP contribution in [-0.4, -0.2) is 35.7 Å². The number of hydrogen-bond donors (Lipinski definition) is 0. The minimum atomic E-state index is -0.382. The van der Waals surface area contributed by atoms with Gasteiger partial charge in [0.2, 0.25) is 5.82 Å². The van der Waals surface area contributed by atoms with E-state index in [1.165, 1.54) is 6.07 Å². The van der Waals surface area contributed by atoms with Crippen LogP contribution >= 0.6 is 0 Å². The van der Waals surface area contributed by atoms with Crippen LogP contribution in [0, 0.1) is 10.1 Å². The Hall–Kier alpha value is -1.69. The zero-order valence-electron chi connectivity index (χ0n) is 10.4. The van der Waals surface area contributed by atoms with Crippen LogP contribution in [0.2, 0.25) is 0 Å². The molecule has 1 aliphatic rings. The zero-order chi connectivity index (χ0) is 13.0. The second-order valence-corrected chi connectivity index (χ2v) is 4.27. The summed E-state index contributed by atoms with van der Waals surface area (Å²) in [5.41, 5.74) is 0.0645. The number of piperidine rings is 1. The first-order chi connectivity index (χ1) is 8.72. The van der Waals surface area contributed by atoms with Crippen LogP contribution in [0.15, 0.2) is 18.3 Å². The molecular formula is C12H17N3O3. The van der Waals surface area contributed by atoms with E-state index in [0.717, 1.165) is 19.4 Å². The summed E-state index contributed by atoms with van der Waals surface area (Å²) in [5, 5.41) is 11.0. The smallest absolute Gasteiger partial charge is 0.311 e. The molecule has 18 heavy (non-hydrogen) atoms. The van der Waals surface area contributed by atoms with Crippen molar-refractivity contribution in [1.82, 2.24) is 4.98 Å². The van der Waals surface area contributed by atoms with E-state index < -0.39 is 0 Å². The number of nitrogens with zero attached hydrogens (tertiary/aromatic N) is 3. The summed E-state index contributed by atoms with van der Waals surface area (Å²) in [7, 11) is 0. The van der Waals surface area contributed by atoms with Gasteiger partial charge >= 0.3 is 5.69 Å². The van der Waals surface area contributed by atoms with Crippen LogP contribution in [-0.2, 0) is 4.74 Å². The summed E-state index contributed by atoms with van der Waals surface area (Å²) < 4.78 is 5.60. The summed E-state index contributed by atoms with van der Waals surface area (Å²) in [5.74, 6) is 0.451. The first-order valence-corrected chi connectivity index (χ1v) is 6.18. The Kier molecular flexibility index (Phi) is 4.09. The molecule has 6 heteroatoms. The standard InChI is InChI=1S/C12H17N3O3/c1-2-18-10-5-4-8-14(9-10)12-11(15(16)17)6-3-7-13-12/h3,6-7,10H,2,4-5,8-9H2,1H3. The third-order valence-corrected chi connectivity index (χ3v) is 3.04. The third-order valence-electron chi connectivity index (χ3n) is 3.04. The highest BCUT2D eigenvalue weighted by molar-refractivity contribution is 5.57. The van der Waals surface area contributed by atoms with Gasteiger partial charge in [0.25, 0.3) is 0 Å². The summed E-state index contributed by atoms with van der Waals surface area (Å²) in [4.78, 5) is 16.7. The minimum absolute atomic E-state index is 0.0645. The monoisotopic (exact) mass is 251 g/mol. The lowest BCUT2D eigenvalue weighted by molar-refractivity contribution is -0.384. The minimum Gasteiger partial charge on any atom is -0.377 e. The highest BCUT2D eigenvalue weighted by atomic mass is 16.6. The molecule has 0 N–H and O–H groups in total. The van der Waals surface area contributed by atoms with Crippen molar-refractivity contribution in [1.29, 1.82) is 0 Å². The number of ether oxygens (including phenoxy) is 1. The zero-order valence-corrected chi connectivity index (χ0v) is 10.4. The van der Waals surface area contributed by atoms with E-state index >= 15 is 0 Å². The van der Waals surface area contributed by atoms with E-state index in [4.69, 9.17) is 4.74 Å². The predicted octanol–water partition coefficient (Wildman–Crippen LogP) is 2.00. The molecule has 2 rings (SSSR count). The van der Waals surface area contributed by atoms with Crippen molar-refractivity contribution in [3.05, 3.63) is 28.4 Å². The van der Waals surface area contributed by atoms with Gasteiger partial charge in [0.05, 0.1) is 11.0 Å². The van der Waals surface area contributed by atoms with E-state index in [1.54, 1.807) is 12.3 Å². The van der Waals surface area contributed by atoms with Crippen molar-refractivity contribution in [3.8, 4) is 0 Å². The molecule has 1 unspecified atom stereocenters. The molecule has 0 aliphatic carbocycles. The second kappa shape index (κ2) is 5.77. The van der Waals surface area contributed by atoms with Gasteiger partial charge in [-0.05, 0) is 25.8 Å². The van der Waals surface area contributed by atoms with Gasteiger partial charge in [-0.1, -0.05) is 0 Å². The molecule has 0 amide bonds. The van der Waals surface area contributed by atoms with Gasteiger partial charge < -0.3 is 9.64 Å². The molecule has 98 valence electrons. The largest absolute Gasteiger partial charge is 0.377 e. The van der Waals surface area contributed by atoms with E-state index in [1.807, 2.05) is 11.8 Å². The van der Waals surface area contributed by atoms with Crippen molar-refractivity contribution in [2.24, 2.45) is 0 Å². The first kappa shape index (κ1) is 12.8. The molecule has 1 fully saturated rings. The van der Waals surface area contributed by atoms with Crippen molar-refractivity contribution >= 4 is 11.5 Å². The lowest BCUT2D eigenvalue weighted by Gasteiger charge is -2.32. The summed E-state index contributed by atoms with van der Waals surface area (Å²) in [6.07, 6.45) is 3.71. The Balaban J connectivity index is 2.18. The number of nitro groups is 1. The SMILES string of the molecule is CCOC1CCCN(c2ncccc2[N+](=O)[O-])C1. The molecule has 1 atom stereocenters. The van der Waals surface area contributed by atoms with Crippen LogP contribution in [0.5, 0.6) is 0 Å². The van der Waals surface area contributed by atoms with E-state index in [-0.39, 0.29) is 16.7 Å². The summed E-state index contributed by atoms with van der Waals surface area (Å²) in [6, 6.07) is 3.08.